The van der Waals surface area contributed by atoms with Gasteiger partial charge in [0, 0.05) is 11.3 Å². The highest BCUT2D eigenvalue weighted by Crippen LogP contribution is 2.59. The van der Waals surface area contributed by atoms with E-state index in [2.05, 4.69) is 6.07 Å². The summed E-state index contributed by atoms with van der Waals surface area (Å²) >= 11 is 7.65. The Balaban J connectivity index is 1.62. The fourth-order valence-electron chi connectivity index (χ4n) is 5.01. The SMILES string of the molecule is OC1(Cc2ccc(Cl)s2)C2CC3CC(C2)CC1C3. The van der Waals surface area contributed by atoms with Crippen LogP contribution in [0.4, 0.5) is 0 Å². The molecule has 4 aliphatic carbocycles. The predicted octanol–water partition coefficient (Wildman–Crippen LogP) is 4.13. The zero-order valence-electron chi connectivity index (χ0n) is 10.4. The lowest BCUT2D eigenvalue weighted by molar-refractivity contribution is -0.171. The van der Waals surface area contributed by atoms with Crippen molar-refractivity contribution < 1.29 is 5.11 Å². The summed E-state index contributed by atoms with van der Waals surface area (Å²) in [4.78, 5) is 1.26. The van der Waals surface area contributed by atoms with Gasteiger partial charge in [0.25, 0.3) is 0 Å². The molecule has 0 saturated heterocycles. The maximum atomic E-state index is 11.2. The Labute approximate surface area is 117 Å². The highest BCUT2D eigenvalue weighted by molar-refractivity contribution is 7.16. The molecule has 1 nitrogen and oxygen atoms in total. The van der Waals surface area contributed by atoms with Gasteiger partial charge in [-0.05, 0) is 67.9 Å². The van der Waals surface area contributed by atoms with Crippen LogP contribution in [0.3, 0.4) is 0 Å². The molecule has 0 spiro atoms. The number of hydrogen-bond acceptors (Lipinski definition) is 2. The minimum absolute atomic E-state index is 0.429. The van der Waals surface area contributed by atoms with E-state index in [1.54, 1.807) is 11.3 Å². The standard InChI is InChI=1S/C15H19ClOS/c16-14-2-1-13(18-14)8-15(17)11-4-9-3-10(6-11)7-12(15)5-9/h1-2,9-12,17H,3-8H2. The first-order chi connectivity index (χ1) is 8.63. The highest BCUT2D eigenvalue weighted by atomic mass is 35.5. The molecule has 1 heterocycles. The summed E-state index contributed by atoms with van der Waals surface area (Å²) in [6.07, 6.45) is 7.34. The van der Waals surface area contributed by atoms with Crippen molar-refractivity contribution in [2.24, 2.45) is 23.7 Å². The van der Waals surface area contributed by atoms with E-state index in [4.69, 9.17) is 11.6 Å². The van der Waals surface area contributed by atoms with Gasteiger partial charge >= 0.3 is 0 Å². The molecule has 4 saturated carbocycles. The Bertz CT molecular complexity index is 439. The van der Waals surface area contributed by atoms with Crippen LogP contribution in [0, 0.1) is 23.7 Å². The van der Waals surface area contributed by atoms with Gasteiger partial charge in [-0.15, -0.1) is 11.3 Å². The largest absolute Gasteiger partial charge is 0.389 e. The molecule has 98 valence electrons. The summed E-state index contributed by atoms with van der Waals surface area (Å²) in [7, 11) is 0. The molecular formula is C15H19ClOS. The van der Waals surface area contributed by atoms with Crippen molar-refractivity contribution >= 4 is 22.9 Å². The Morgan fingerprint density at radius 2 is 1.72 bits per heavy atom. The average Bonchev–Trinajstić information content (AvgIpc) is 2.71. The lowest BCUT2D eigenvalue weighted by Gasteiger charge is -2.59. The van der Waals surface area contributed by atoms with E-state index in [9.17, 15) is 5.11 Å². The molecule has 1 N–H and O–H groups in total. The lowest BCUT2D eigenvalue weighted by atomic mass is 9.49. The molecule has 0 aromatic carbocycles. The zero-order chi connectivity index (χ0) is 12.3. The first-order valence-electron chi connectivity index (χ1n) is 7.10. The second kappa shape index (κ2) is 3.97. The quantitative estimate of drug-likeness (QED) is 0.865. The molecule has 1 aromatic rings. The molecule has 4 bridgehead atoms. The van der Waals surface area contributed by atoms with Crippen molar-refractivity contribution in [3.05, 3.63) is 21.3 Å². The third-order valence-electron chi connectivity index (χ3n) is 5.64. The average molecular weight is 283 g/mol. The Morgan fingerprint density at radius 3 is 2.22 bits per heavy atom. The van der Waals surface area contributed by atoms with Crippen LogP contribution in [0.1, 0.15) is 37.0 Å². The first kappa shape index (κ1) is 11.7. The van der Waals surface area contributed by atoms with Crippen LogP contribution in [0.5, 0.6) is 0 Å². The van der Waals surface area contributed by atoms with Crippen molar-refractivity contribution in [3.63, 3.8) is 0 Å². The van der Waals surface area contributed by atoms with Gasteiger partial charge in [0.15, 0.2) is 0 Å². The summed E-state index contributed by atoms with van der Waals surface area (Å²) in [5, 5.41) is 11.2. The monoisotopic (exact) mass is 282 g/mol. The van der Waals surface area contributed by atoms with Crippen LogP contribution in [0.15, 0.2) is 12.1 Å². The summed E-state index contributed by atoms with van der Waals surface area (Å²) in [6.45, 7) is 0. The van der Waals surface area contributed by atoms with Gasteiger partial charge in [0.1, 0.15) is 0 Å². The molecule has 0 aliphatic heterocycles. The number of aliphatic hydroxyl groups is 1. The van der Waals surface area contributed by atoms with Gasteiger partial charge in [0.05, 0.1) is 9.94 Å². The minimum Gasteiger partial charge on any atom is -0.389 e. The summed E-state index contributed by atoms with van der Waals surface area (Å²) in [5.41, 5.74) is -0.429. The van der Waals surface area contributed by atoms with Crippen molar-refractivity contribution in [2.75, 3.05) is 0 Å². The van der Waals surface area contributed by atoms with Gasteiger partial charge in [-0.2, -0.15) is 0 Å². The van der Waals surface area contributed by atoms with Crippen LogP contribution in [-0.4, -0.2) is 10.7 Å². The van der Waals surface area contributed by atoms with E-state index in [1.807, 2.05) is 6.07 Å². The molecule has 0 unspecified atom stereocenters. The van der Waals surface area contributed by atoms with Crippen LogP contribution in [0.25, 0.3) is 0 Å². The maximum Gasteiger partial charge on any atom is 0.0931 e. The number of halogens is 1. The second-order valence-electron chi connectivity index (χ2n) is 6.68. The van der Waals surface area contributed by atoms with E-state index < -0.39 is 5.60 Å². The third kappa shape index (κ3) is 1.69. The van der Waals surface area contributed by atoms with E-state index in [0.717, 1.165) is 22.6 Å². The van der Waals surface area contributed by atoms with E-state index in [1.165, 1.54) is 37.0 Å². The first-order valence-corrected chi connectivity index (χ1v) is 8.29. The van der Waals surface area contributed by atoms with Gasteiger partial charge in [0.2, 0.25) is 0 Å². The van der Waals surface area contributed by atoms with Crippen molar-refractivity contribution in [3.8, 4) is 0 Å². The molecule has 5 rings (SSSR count). The van der Waals surface area contributed by atoms with E-state index in [0.29, 0.717) is 11.8 Å². The zero-order valence-corrected chi connectivity index (χ0v) is 12.0. The summed E-state index contributed by atoms with van der Waals surface area (Å²) < 4.78 is 0.845. The molecule has 4 aliphatic rings. The number of thiophene rings is 1. The molecule has 3 heteroatoms. The highest BCUT2D eigenvalue weighted by Gasteiger charge is 2.56. The van der Waals surface area contributed by atoms with Crippen LogP contribution < -0.4 is 0 Å². The lowest BCUT2D eigenvalue weighted by Crippen LogP contribution is -2.58. The van der Waals surface area contributed by atoms with Crippen molar-refractivity contribution in [1.82, 2.24) is 0 Å². The topological polar surface area (TPSA) is 20.2 Å². The molecule has 0 amide bonds. The molecule has 4 fully saturated rings. The van der Waals surface area contributed by atoms with Gasteiger partial charge in [-0.25, -0.2) is 0 Å². The predicted molar refractivity (Wildman–Crippen MR) is 75.0 cm³/mol. The van der Waals surface area contributed by atoms with E-state index >= 15 is 0 Å². The Hall–Kier alpha value is -0.0500. The van der Waals surface area contributed by atoms with Crippen LogP contribution in [0.2, 0.25) is 4.34 Å². The smallest absolute Gasteiger partial charge is 0.0931 e. The number of rotatable bonds is 2. The van der Waals surface area contributed by atoms with E-state index in [-0.39, 0.29) is 0 Å². The molecule has 0 atom stereocenters. The number of hydrogen-bond donors (Lipinski definition) is 1. The summed E-state index contributed by atoms with van der Waals surface area (Å²) in [5.74, 6) is 2.93. The molecule has 18 heavy (non-hydrogen) atoms. The third-order valence-corrected chi connectivity index (χ3v) is 6.87. The molecular weight excluding hydrogens is 264 g/mol. The van der Waals surface area contributed by atoms with Gasteiger partial charge in [-0.3, -0.25) is 0 Å². The molecule has 0 radical (unpaired) electrons. The summed E-state index contributed by atoms with van der Waals surface area (Å²) in [6, 6.07) is 4.05. The minimum atomic E-state index is -0.429. The van der Waals surface area contributed by atoms with Crippen LogP contribution in [-0.2, 0) is 6.42 Å². The van der Waals surface area contributed by atoms with Crippen molar-refractivity contribution in [2.45, 2.75) is 44.1 Å². The maximum absolute atomic E-state index is 11.2. The fourth-order valence-corrected chi connectivity index (χ4v) is 6.20. The Morgan fingerprint density at radius 1 is 1.11 bits per heavy atom. The Kier molecular flexibility index (Phi) is 2.59. The second-order valence-corrected chi connectivity index (χ2v) is 8.48. The van der Waals surface area contributed by atoms with Crippen molar-refractivity contribution in [1.29, 1.82) is 0 Å². The normalized spacial score (nSPS) is 45.7. The molecule has 1 aromatic heterocycles. The van der Waals surface area contributed by atoms with Crippen LogP contribution >= 0.6 is 22.9 Å². The van der Waals surface area contributed by atoms with Gasteiger partial charge in [-0.1, -0.05) is 11.6 Å². The fraction of sp³-hybridized carbons (Fsp3) is 0.733. The van der Waals surface area contributed by atoms with Gasteiger partial charge < -0.3 is 5.11 Å².